The molecule has 1 fully saturated rings. The zero-order valence-electron chi connectivity index (χ0n) is 17.7. The highest BCUT2D eigenvalue weighted by atomic mass is 32.1. The normalized spacial score (nSPS) is 15.9. The van der Waals surface area contributed by atoms with E-state index in [0.717, 1.165) is 40.9 Å². The first-order valence-electron chi connectivity index (χ1n) is 11.1. The molecule has 2 aromatic heterocycles. The minimum absolute atomic E-state index is 0.0470. The van der Waals surface area contributed by atoms with E-state index in [1.807, 2.05) is 24.3 Å². The van der Waals surface area contributed by atoms with Crippen molar-refractivity contribution in [1.82, 2.24) is 14.5 Å². The lowest BCUT2D eigenvalue weighted by atomic mass is 9.83. The van der Waals surface area contributed by atoms with Gasteiger partial charge in [0.1, 0.15) is 10.8 Å². The van der Waals surface area contributed by atoms with Crippen molar-refractivity contribution in [2.45, 2.75) is 51.0 Å². The average Bonchev–Trinajstić information content (AvgIpc) is 3.21. The molecule has 1 aliphatic carbocycles. The Morgan fingerprint density at radius 3 is 2.75 bits per heavy atom. The van der Waals surface area contributed by atoms with Crippen molar-refractivity contribution in [2.24, 2.45) is 5.92 Å². The van der Waals surface area contributed by atoms with Gasteiger partial charge in [-0.2, -0.15) is 0 Å². The fourth-order valence-corrected chi connectivity index (χ4v) is 5.71. The lowest BCUT2D eigenvalue weighted by Crippen LogP contribution is -2.33. The van der Waals surface area contributed by atoms with Gasteiger partial charge in [0, 0.05) is 0 Å². The first-order chi connectivity index (χ1) is 15.6. The summed E-state index contributed by atoms with van der Waals surface area (Å²) in [7, 11) is 0. The van der Waals surface area contributed by atoms with Gasteiger partial charge in [0.05, 0.1) is 39.9 Å². The molecule has 2 aromatic carbocycles. The number of para-hydroxylation sites is 1. The second-order valence-electron chi connectivity index (χ2n) is 8.59. The maximum atomic E-state index is 13.8. The predicted molar refractivity (Wildman–Crippen MR) is 125 cm³/mol. The highest BCUT2D eigenvalue weighted by molar-refractivity contribution is 7.18. The molecular formula is C25H24FN3O2S. The van der Waals surface area contributed by atoms with Gasteiger partial charge < -0.3 is 0 Å². The second-order valence-corrected chi connectivity index (χ2v) is 9.71. The number of rotatable bonds is 6. The Labute approximate surface area is 188 Å². The van der Waals surface area contributed by atoms with Crippen LogP contribution in [0.3, 0.4) is 0 Å². The second kappa shape index (κ2) is 8.90. The molecule has 4 aromatic rings. The number of hydrogen-bond acceptors (Lipinski definition) is 5. The number of hydrogen-bond donors (Lipinski definition) is 0. The monoisotopic (exact) mass is 449 g/mol. The van der Waals surface area contributed by atoms with Gasteiger partial charge in [-0.3, -0.25) is 14.2 Å². The summed E-state index contributed by atoms with van der Waals surface area (Å²) in [6.07, 6.45) is 7.88. The van der Waals surface area contributed by atoms with Crippen molar-refractivity contribution in [3.63, 3.8) is 0 Å². The number of fused-ring (bicyclic) bond motifs is 2. The van der Waals surface area contributed by atoms with Gasteiger partial charge in [0.25, 0.3) is 5.56 Å². The van der Waals surface area contributed by atoms with E-state index in [1.165, 1.54) is 46.9 Å². The van der Waals surface area contributed by atoms with Gasteiger partial charge in [0.2, 0.25) is 0 Å². The van der Waals surface area contributed by atoms with Crippen LogP contribution in [0.1, 0.15) is 49.6 Å². The Balaban J connectivity index is 1.51. The first-order valence-corrected chi connectivity index (χ1v) is 11.9. The standard InChI is InChI=1S/C25H24FN3O2S/c26-17-10-11-19-18(13-17)25(31)29(15-27-19)21(12-16-6-2-1-3-7-16)22(30)14-24-28-20-8-4-5-9-23(20)32-24/h4-5,8-11,13,15-16,21H,1-3,6-7,12,14H2. The molecule has 1 unspecified atom stereocenters. The number of thiazole rings is 1. The van der Waals surface area contributed by atoms with Crippen molar-refractivity contribution < 1.29 is 9.18 Å². The fraction of sp³-hybridized carbons (Fsp3) is 0.360. The molecule has 5 nitrogen and oxygen atoms in total. The summed E-state index contributed by atoms with van der Waals surface area (Å²) in [6.45, 7) is 0. The Bertz CT molecular complexity index is 1310. The SMILES string of the molecule is O=C(Cc1nc2ccccc2s1)C(CC1CCCCC1)n1cnc2ccc(F)cc2c1=O. The largest absolute Gasteiger partial charge is 0.297 e. The van der Waals surface area contributed by atoms with Crippen LogP contribution in [0, 0.1) is 11.7 Å². The van der Waals surface area contributed by atoms with Gasteiger partial charge >= 0.3 is 0 Å². The molecule has 1 aliphatic rings. The number of ketones is 1. The lowest BCUT2D eigenvalue weighted by Gasteiger charge is -2.27. The van der Waals surface area contributed by atoms with Crippen LogP contribution in [-0.2, 0) is 11.2 Å². The van der Waals surface area contributed by atoms with Crippen molar-refractivity contribution >= 4 is 38.2 Å². The molecule has 2 heterocycles. The average molecular weight is 450 g/mol. The number of carbonyl (C=O) groups excluding carboxylic acids is 1. The van der Waals surface area contributed by atoms with Crippen LogP contribution in [0.15, 0.2) is 53.6 Å². The van der Waals surface area contributed by atoms with Crippen molar-refractivity contribution in [1.29, 1.82) is 0 Å². The van der Waals surface area contributed by atoms with Gasteiger partial charge in [-0.05, 0) is 42.7 Å². The number of Topliss-reactive ketones (excluding diaryl/α,β-unsaturated/α-hetero) is 1. The maximum Gasteiger partial charge on any atom is 0.261 e. The summed E-state index contributed by atoms with van der Waals surface area (Å²) >= 11 is 1.51. The molecular weight excluding hydrogens is 425 g/mol. The Kier molecular flexibility index (Phi) is 5.83. The molecule has 0 aliphatic heterocycles. The zero-order valence-corrected chi connectivity index (χ0v) is 18.5. The highest BCUT2D eigenvalue weighted by Gasteiger charge is 2.28. The van der Waals surface area contributed by atoms with Crippen molar-refractivity contribution in [3.8, 4) is 0 Å². The van der Waals surface area contributed by atoms with Crippen LogP contribution >= 0.6 is 11.3 Å². The van der Waals surface area contributed by atoms with E-state index in [0.29, 0.717) is 17.9 Å². The minimum Gasteiger partial charge on any atom is -0.297 e. The molecule has 0 amide bonds. The highest BCUT2D eigenvalue weighted by Crippen LogP contribution is 2.32. The molecule has 0 radical (unpaired) electrons. The van der Waals surface area contributed by atoms with E-state index in [-0.39, 0.29) is 23.1 Å². The van der Waals surface area contributed by atoms with E-state index in [4.69, 9.17) is 0 Å². The van der Waals surface area contributed by atoms with Gasteiger partial charge in [-0.15, -0.1) is 11.3 Å². The molecule has 0 saturated heterocycles. The third-order valence-corrected chi connectivity index (χ3v) is 7.43. The Morgan fingerprint density at radius 1 is 1.12 bits per heavy atom. The molecule has 32 heavy (non-hydrogen) atoms. The minimum atomic E-state index is -0.627. The number of carbonyl (C=O) groups is 1. The van der Waals surface area contributed by atoms with E-state index < -0.39 is 11.9 Å². The van der Waals surface area contributed by atoms with E-state index in [2.05, 4.69) is 9.97 Å². The topological polar surface area (TPSA) is 64.8 Å². The van der Waals surface area contributed by atoms with E-state index >= 15 is 0 Å². The predicted octanol–water partition coefficient (Wildman–Crippen LogP) is 5.47. The van der Waals surface area contributed by atoms with Gasteiger partial charge in [0.15, 0.2) is 5.78 Å². The van der Waals surface area contributed by atoms with E-state index in [9.17, 15) is 14.0 Å². The third kappa shape index (κ3) is 4.21. The quantitative estimate of drug-likeness (QED) is 0.392. The zero-order chi connectivity index (χ0) is 22.1. The summed E-state index contributed by atoms with van der Waals surface area (Å²) in [5.41, 5.74) is 0.944. The molecule has 1 saturated carbocycles. The van der Waals surface area contributed by atoms with Crippen LogP contribution < -0.4 is 5.56 Å². The van der Waals surface area contributed by atoms with Crippen LogP contribution in [0.5, 0.6) is 0 Å². The smallest absolute Gasteiger partial charge is 0.261 e. The van der Waals surface area contributed by atoms with Crippen molar-refractivity contribution in [2.75, 3.05) is 0 Å². The number of nitrogens with zero attached hydrogens (tertiary/aromatic N) is 3. The van der Waals surface area contributed by atoms with Crippen LogP contribution in [-0.4, -0.2) is 20.3 Å². The number of aromatic nitrogens is 3. The summed E-state index contributed by atoms with van der Waals surface area (Å²) in [4.78, 5) is 35.7. The molecule has 0 spiro atoms. The first kappa shape index (κ1) is 20.9. The van der Waals surface area contributed by atoms with Crippen molar-refractivity contribution in [3.05, 3.63) is 70.0 Å². The van der Waals surface area contributed by atoms with Crippen LogP contribution in [0.2, 0.25) is 0 Å². The summed E-state index contributed by atoms with van der Waals surface area (Å²) in [5, 5.41) is 0.951. The fourth-order valence-electron chi connectivity index (χ4n) is 4.73. The summed E-state index contributed by atoms with van der Waals surface area (Å²) in [5.74, 6) is -0.142. The Morgan fingerprint density at radius 2 is 1.94 bits per heavy atom. The molecule has 1 atom stereocenters. The summed E-state index contributed by atoms with van der Waals surface area (Å²) < 4.78 is 16.3. The van der Waals surface area contributed by atoms with E-state index in [1.54, 1.807) is 0 Å². The third-order valence-electron chi connectivity index (χ3n) is 6.40. The van der Waals surface area contributed by atoms with Crippen LogP contribution in [0.4, 0.5) is 4.39 Å². The molecule has 164 valence electrons. The Hall–Kier alpha value is -2.93. The van der Waals surface area contributed by atoms with Crippen LogP contribution in [0.25, 0.3) is 21.1 Å². The molecule has 0 bridgehead atoms. The molecule has 5 rings (SSSR count). The maximum absolute atomic E-state index is 13.8. The molecule has 0 N–H and O–H groups in total. The van der Waals surface area contributed by atoms with Gasteiger partial charge in [-0.1, -0.05) is 44.2 Å². The number of halogens is 1. The number of benzene rings is 2. The lowest BCUT2D eigenvalue weighted by molar-refractivity contribution is -0.122. The van der Waals surface area contributed by atoms with Gasteiger partial charge in [-0.25, -0.2) is 14.4 Å². The molecule has 7 heteroatoms. The summed E-state index contributed by atoms with van der Waals surface area (Å²) in [6, 6.07) is 11.2.